The van der Waals surface area contributed by atoms with Gasteiger partial charge in [-0.1, -0.05) is 27.7 Å². The maximum atomic E-state index is 12.1. The van der Waals surface area contributed by atoms with Crippen LogP contribution in [0.1, 0.15) is 20.9 Å². The van der Waals surface area contributed by atoms with Crippen LogP contribution in [0.15, 0.2) is 36.5 Å². The predicted octanol–water partition coefficient (Wildman–Crippen LogP) is 3.54. The third kappa shape index (κ3) is 4.80. The molecule has 3 rings (SSSR count). The molecular formula is C17H13ClN4O3S. The monoisotopic (exact) mass is 388 g/mol. The fourth-order valence-electron chi connectivity index (χ4n) is 2.10. The Hall–Kier alpha value is -2.93. The first kappa shape index (κ1) is 19.4. The van der Waals surface area contributed by atoms with Crippen LogP contribution in [0.4, 0.5) is 5.82 Å². The number of aryl methyl sites for hydroxylation is 2. The van der Waals surface area contributed by atoms with Crippen LogP contribution in [0, 0.1) is 13.8 Å². The second kappa shape index (κ2) is 8.96. The van der Waals surface area contributed by atoms with E-state index in [-0.39, 0.29) is 12.1 Å². The minimum absolute atomic E-state index is 0.250. The lowest BCUT2D eigenvalue weighted by Crippen LogP contribution is -2.12. The average molecular weight is 389 g/mol. The summed E-state index contributed by atoms with van der Waals surface area (Å²) in [6.07, 6.45) is 1.94. The summed E-state index contributed by atoms with van der Waals surface area (Å²) in [5.74, 6) is 0.210. The summed E-state index contributed by atoms with van der Waals surface area (Å²) in [6.45, 7) is 3.75. The molecule has 0 radical (unpaired) electrons. The van der Waals surface area contributed by atoms with Crippen molar-refractivity contribution < 1.29 is 14.4 Å². The molecule has 0 spiro atoms. The molecule has 2 heterocycles. The molecule has 1 aromatic carbocycles. The summed E-state index contributed by atoms with van der Waals surface area (Å²) in [4.78, 5) is 33.1. The molecule has 0 fully saturated rings. The van der Waals surface area contributed by atoms with E-state index in [1.54, 1.807) is 19.2 Å². The van der Waals surface area contributed by atoms with Crippen molar-refractivity contribution in [1.82, 2.24) is 14.6 Å². The Balaban J connectivity index is 0.000000758. The molecule has 0 aliphatic heterocycles. The normalized spacial score (nSPS) is 9.65. The fourth-order valence-corrected chi connectivity index (χ4v) is 2.88. The number of rotatable bonds is 3. The lowest BCUT2D eigenvalue weighted by molar-refractivity contribution is -0.191. The van der Waals surface area contributed by atoms with Gasteiger partial charge in [0, 0.05) is 22.3 Å². The molecule has 0 aliphatic carbocycles. The molecule has 132 valence electrons. The molecule has 0 unspecified atom stereocenters. The highest BCUT2D eigenvalue weighted by Gasteiger charge is 2.14. The molecule has 0 saturated carbocycles. The van der Waals surface area contributed by atoms with E-state index >= 15 is 0 Å². The number of hydrogen-bond donors (Lipinski definition) is 1. The molecule has 0 atom stereocenters. The van der Waals surface area contributed by atoms with E-state index in [0.717, 1.165) is 28.2 Å². The topological polar surface area (TPSA) is 102 Å². The number of amides is 1. The number of aromatic nitrogens is 3. The fraction of sp³-hybridized carbons (Fsp3) is 0.118. The van der Waals surface area contributed by atoms with Crippen molar-refractivity contribution in [3.8, 4) is 11.1 Å². The van der Waals surface area contributed by atoms with Crippen molar-refractivity contribution in [2.45, 2.75) is 13.8 Å². The summed E-state index contributed by atoms with van der Waals surface area (Å²) in [5, 5.41) is 7.23. The molecule has 7 nitrogen and oxygen atoms in total. The van der Waals surface area contributed by atoms with E-state index in [4.69, 9.17) is 21.2 Å². The first-order valence-electron chi connectivity index (χ1n) is 7.28. The van der Waals surface area contributed by atoms with E-state index in [1.807, 2.05) is 31.2 Å². The van der Waals surface area contributed by atoms with Gasteiger partial charge < -0.3 is 5.32 Å². The molecule has 0 aliphatic rings. The molecule has 3 aromatic rings. The van der Waals surface area contributed by atoms with Crippen LogP contribution in [0.3, 0.4) is 0 Å². The molecule has 1 amide bonds. The zero-order valence-corrected chi connectivity index (χ0v) is 15.4. The number of nitrogens with zero attached hydrogens (tertiary/aromatic N) is 3. The second-order valence-electron chi connectivity index (χ2n) is 5.14. The van der Waals surface area contributed by atoms with Crippen molar-refractivity contribution in [3.05, 3.63) is 57.7 Å². The molecule has 1 N–H and O–H groups in total. The predicted molar refractivity (Wildman–Crippen MR) is 97.0 cm³/mol. The quantitative estimate of drug-likeness (QED) is 0.736. The summed E-state index contributed by atoms with van der Waals surface area (Å²) in [5.41, 5.74) is 3.54. The van der Waals surface area contributed by atoms with E-state index in [1.165, 1.54) is 0 Å². The van der Waals surface area contributed by atoms with Crippen molar-refractivity contribution in [1.29, 1.82) is 0 Å². The Kier molecular flexibility index (Phi) is 6.68. The van der Waals surface area contributed by atoms with Gasteiger partial charge in [-0.25, -0.2) is 4.98 Å². The Morgan fingerprint density at radius 3 is 2.50 bits per heavy atom. The first-order chi connectivity index (χ1) is 12.5. The smallest absolute Gasteiger partial charge is 0.306 e. The molecule has 9 heteroatoms. The van der Waals surface area contributed by atoms with Gasteiger partial charge in [-0.05, 0) is 49.6 Å². The minimum atomic E-state index is -0.258. The Morgan fingerprint density at radius 1 is 1.19 bits per heavy atom. The molecule has 0 saturated heterocycles. The van der Waals surface area contributed by atoms with Crippen LogP contribution >= 0.6 is 23.1 Å². The van der Waals surface area contributed by atoms with E-state index in [2.05, 4.69) is 19.9 Å². The largest absolute Gasteiger partial charge is 0.373 e. The van der Waals surface area contributed by atoms with E-state index in [9.17, 15) is 4.79 Å². The van der Waals surface area contributed by atoms with Crippen molar-refractivity contribution in [2.75, 3.05) is 5.32 Å². The zero-order chi connectivity index (χ0) is 19.1. The lowest BCUT2D eigenvalue weighted by atomic mass is 10.1. The van der Waals surface area contributed by atoms with Gasteiger partial charge in [0.2, 0.25) is 0 Å². The maximum Gasteiger partial charge on any atom is 0.373 e. The van der Waals surface area contributed by atoms with Crippen LogP contribution in [0.5, 0.6) is 0 Å². The van der Waals surface area contributed by atoms with Crippen LogP contribution in [-0.4, -0.2) is 26.6 Å². The first-order valence-corrected chi connectivity index (χ1v) is 8.43. The zero-order valence-electron chi connectivity index (χ0n) is 13.8. The SMILES string of the molecule is Cc1ccc(Cl)c(-c2ccc(NC(=O)c3snnc3C)nc2)c1.O=C=O. The third-order valence-electron chi connectivity index (χ3n) is 3.30. The number of nitrogens with one attached hydrogen (secondary N) is 1. The van der Waals surface area contributed by atoms with E-state index < -0.39 is 0 Å². The highest BCUT2D eigenvalue weighted by atomic mass is 35.5. The Labute approximate surface area is 158 Å². The van der Waals surface area contributed by atoms with Gasteiger partial charge in [-0.3, -0.25) is 4.79 Å². The third-order valence-corrected chi connectivity index (χ3v) is 4.45. The minimum Gasteiger partial charge on any atom is -0.306 e. The van der Waals surface area contributed by atoms with Crippen molar-refractivity contribution in [2.24, 2.45) is 0 Å². The Bertz CT molecular complexity index is 951. The van der Waals surface area contributed by atoms with Crippen LogP contribution in [0.2, 0.25) is 5.02 Å². The highest BCUT2D eigenvalue weighted by Crippen LogP contribution is 2.28. The van der Waals surface area contributed by atoms with Gasteiger partial charge in [0.15, 0.2) is 0 Å². The number of hydrogen-bond acceptors (Lipinski definition) is 7. The van der Waals surface area contributed by atoms with Crippen LogP contribution < -0.4 is 5.32 Å². The summed E-state index contributed by atoms with van der Waals surface area (Å²) in [6, 6.07) is 9.45. The summed E-state index contributed by atoms with van der Waals surface area (Å²) < 4.78 is 3.75. The van der Waals surface area contributed by atoms with Gasteiger partial charge in [0.1, 0.15) is 10.7 Å². The average Bonchev–Trinajstić information content (AvgIpc) is 3.05. The van der Waals surface area contributed by atoms with Crippen LogP contribution in [-0.2, 0) is 9.59 Å². The molecule has 0 bridgehead atoms. The number of carbonyl (C=O) groups is 1. The van der Waals surface area contributed by atoms with Gasteiger partial charge >= 0.3 is 6.15 Å². The van der Waals surface area contributed by atoms with Gasteiger partial charge in [0.25, 0.3) is 5.91 Å². The second-order valence-corrected chi connectivity index (χ2v) is 6.30. The molecule has 26 heavy (non-hydrogen) atoms. The number of pyridine rings is 1. The molecular weight excluding hydrogens is 376 g/mol. The summed E-state index contributed by atoms with van der Waals surface area (Å²) >= 11 is 7.29. The van der Waals surface area contributed by atoms with Gasteiger partial charge in [-0.2, -0.15) is 9.59 Å². The van der Waals surface area contributed by atoms with E-state index in [0.29, 0.717) is 21.4 Å². The van der Waals surface area contributed by atoms with Gasteiger partial charge in [0.05, 0.1) is 5.69 Å². The standard InChI is InChI=1S/C16H13ClN4OS.CO2/c1-9-3-5-13(17)12(7-9)11-4-6-14(18-8-11)19-16(22)15-10(2)20-21-23-15;2-1-3/h3-8H,1-2H3,(H,18,19,22);. The van der Waals surface area contributed by atoms with Crippen LogP contribution in [0.25, 0.3) is 11.1 Å². The summed E-state index contributed by atoms with van der Waals surface area (Å²) in [7, 11) is 0. The lowest BCUT2D eigenvalue weighted by Gasteiger charge is -2.07. The number of anilines is 1. The Morgan fingerprint density at radius 2 is 1.92 bits per heavy atom. The maximum absolute atomic E-state index is 12.1. The highest BCUT2D eigenvalue weighted by molar-refractivity contribution is 7.08. The molecule has 2 aromatic heterocycles. The van der Waals surface area contributed by atoms with Crippen molar-refractivity contribution >= 4 is 41.0 Å². The van der Waals surface area contributed by atoms with Crippen molar-refractivity contribution in [3.63, 3.8) is 0 Å². The van der Waals surface area contributed by atoms with Gasteiger partial charge in [-0.15, -0.1) is 5.10 Å². The number of carbonyl (C=O) groups excluding carboxylic acids is 3. The number of halogens is 1. The number of benzene rings is 1.